The molecule has 1 fully saturated rings. The Morgan fingerprint density at radius 3 is 2.45 bits per heavy atom. The molecule has 1 aliphatic rings. The van der Waals surface area contributed by atoms with E-state index in [0.29, 0.717) is 0 Å². The molecule has 2 aromatic carbocycles. The van der Waals surface area contributed by atoms with E-state index in [0.717, 1.165) is 6.07 Å². The first-order valence-corrected chi connectivity index (χ1v) is 8.70. The molecule has 4 rings (SSSR count). The number of phenolic OH excluding ortho intramolecular Hbond substituents is 2. The van der Waals surface area contributed by atoms with Crippen LogP contribution in [0.4, 0.5) is 0 Å². The van der Waals surface area contributed by atoms with Gasteiger partial charge in [0.15, 0.2) is 0 Å². The summed E-state index contributed by atoms with van der Waals surface area (Å²) in [6.07, 6.45) is -7.47. The number of hydrogen-bond acceptors (Lipinski definition) is 10. The van der Waals surface area contributed by atoms with Crippen molar-refractivity contribution in [2.45, 2.75) is 30.7 Å². The molecule has 154 valence electrons. The molecule has 2 heterocycles. The van der Waals surface area contributed by atoms with Crippen LogP contribution in [0.3, 0.4) is 0 Å². The first-order valence-electron chi connectivity index (χ1n) is 8.70. The quantitative estimate of drug-likeness (QED) is 0.313. The molecule has 0 aliphatic carbocycles. The molecule has 0 radical (unpaired) electrons. The van der Waals surface area contributed by atoms with E-state index >= 15 is 0 Å². The Labute approximate surface area is 162 Å². The summed E-state index contributed by atoms with van der Waals surface area (Å²) < 4.78 is 16.3. The molecule has 6 N–H and O–H groups in total. The lowest BCUT2D eigenvalue weighted by Crippen LogP contribution is -2.60. The zero-order chi connectivity index (χ0) is 20.9. The largest absolute Gasteiger partial charge is 0.508 e. The van der Waals surface area contributed by atoms with Gasteiger partial charge in [-0.3, -0.25) is 4.79 Å². The number of ether oxygens (including phenoxy) is 2. The average Bonchev–Trinajstić information content (AvgIpc) is 2.67. The Morgan fingerprint density at radius 1 is 0.966 bits per heavy atom. The Kier molecular flexibility index (Phi) is 4.81. The number of rotatable bonds is 3. The molecular formula is C19H18O10. The fraction of sp³-hybridized carbons (Fsp3) is 0.316. The Balaban J connectivity index is 1.75. The van der Waals surface area contributed by atoms with E-state index < -0.39 is 48.5 Å². The van der Waals surface area contributed by atoms with E-state index in [2.05, 4.69) is 0 Å². The van der Waals surface area contributed by atoms with E-state index in [-0.39, 0.29) is 33.4 Å². The third-order valence-electron chi connectivity index (χ3n) is 4.81. The van der Waals surface area contributed by atoms with Crippen molar-refractivity contribution < 1.29 is 44.5 Å². The van der Waals surface area contributed by atoms with Gasteiger partial charge in [0, 0.05) is 18.2 Å². The van der Waals surface area contributed by atoms with Gasteiger partial charge in [0.1, 0.15) is 58.2 Å². The van der Waals surface area contributed by atoms with Crippen molar-refractivity contribution in [1.29, 1.82) is 0 Å². The summed E-state index contributed by atoms with van der Waals surface area (Å²) in [7, 11) is 0. The number of fused-ring (bicyclic) bond motifs is 2. The standard InChI is InChI=1S/C19H18O10/c20-6-13-16(24)17(25)18(26)19(29-13)27-8-4-10(22)14-12(5-8)28-11-3-7(21)1-2-9(11)15(14)23/h1-5,13,16-22,24-26H,6H2/t13-,16-,17+,18-,19-/m1/s1. The van der Waals surface area contributed by atoms with Gasteiger partial charge in [-0.25, -0.2) is 0 Å². The molecule has 3 aromatic rings. The minimum Gasteiger partial charge on any atom is -0.508 e. The maximum Gasteiger partial charge on any atom is 0.229 e. The molecule has 1 saturated heterocycles. The summed E-state index contributed by atoms with van der Waals surface area (Å²) in [5, 5.41) is 59.0. The highest BCUT2D eigenvalue weighted by Gasteiger charge is 2.44. The summed E-state index contributed by atoms with van der Waals surface area (Å²) in [5.41, 5.74) is -0.474. The van der Waals surface area contributed by atoms with Crippen LogP contribution in [0.5, 0.6) is 17.2 Å². The third kappa shape index (κ3) is 3.26. The number of aliphatic hydroxyl groups excluding tert-OH is 4. The highest BCUT2D eigenvalue weighted by molar-refractivity contribution is 5.94. The predicted molar refractivity (Wildman–Crippen MR) is 97.7 cm³/mol. The summed E-state index contributed by atoms with van der Waals surface area (Å²) >= 11 is 0. The van der Waals surface area contributed by atoms with Crippen LogP contribution in [0.1, 0.15) is 0 Å². The lowest BCUT2D eigenvalue weighted by Gasteiger charge is -2.39. The molecule has 0 bridgehead atoms. The average molecular weight is 406 g/mol. The number of hydrogen-bond donors (Lipinski definition) is 6. The van der Waals surface area contributed by atoms with Gasteiger partial charge in [-0.1, -0.05) is 0 Å². The second-order valence-corrected chi connectivity index (χ2v) is 6.74. The molecule has 0 unspecified atom stereocenters. The normalized spacial score (nSPS) is 27.4. The SMILES string of the molecule is O=c1c2ccc(O)cc2oc2cc(O[C@@H]3O[C@H](CO)[C@@H](O)[C@H](O)[C@H]3O)cc(O)c12. The molecule has 10 heteroatoms. The Bertz CT molecular complexity index is 1120. The number of aliphatic hydroxyl groups is 4. The number of phenols is 2. The maximum absolute atomic E-state index is 12.6. The van der Waals surface area contributed by atoms with Crippen LogP contribution in [0.25, 0.3) is 21.9 Å². The first-order chi connectivity index (χ1) is 13.8. The molecule has 5 atom stereocenters. The van der Waals surface area contributed by atoms with Gasteiger partial charge in [0.2, 0.25) is 11.7 Å². The first kappa shape index (κ1) is 19.4. The summed E-state index contributed by atoms with van der Waals surface area (Å²) in [6, 6.07) is 6.30. The number of aromatic hydroxyl groups is 2. The van der Waals surface area contributed by atoms with E-state index in [1.807, 2.05) is 0 Å². The van der Waals surface area contributed by atoms with Crippen LogP contribution >= 0.6 is 0 Å². The summed E-state index contributed by atoms with van der Waals surface area (Å²) in [4.78, 5) is 12.6. The van der Waals surface area contributed by atoms with Crippen molar-refractivity contribution in [3.8, 4) is 17.2 Å². The van der Waals surface area contributed by atoms with Crippen LogP contribution in [-0.4, -0.2) is 68.0 Å². The highest BCUT2D eigenvalue weighted by atomic mass is 16.7. The predicted octanol–water partition coefficient (Wildman–Crippen LogP) is -0.464. The van der Waals surface area contributed by atoms with Crippen molar-refractivity contribution >= 4 is 21.9 Å². The molecule has 29 heavy (non-hydrogen) atoms. The van der Waals surface area contributed by atoms with Crippen molar-refractivity contribution in [2.24, 2.45) is 0 Å². The highest BCUT2D eigenvalue weighted by Crippen LogP contribution is 2.33. The van der Waals surface area contributed by atoms with Gasteiger partial charge in [-0.15, -0.1) is 0 Å². The third-order valence-corrected chi connectivity index (χ3v) is 4.81. The zero-order valence-corrected chi connectivity index (χ0v) is 14.8. The molecule has 1 aromatic heterocycles. The van der Waals surface area contributed by atoms with Crippen LogP contribution in [0, 0.1) is 0 Å². The summed E-state index contributed by atoms with van der Waals surface area (Å²) in [6.45, 7) is -0.627. The molecule has 0 spiro atoms. The monoisotopic (exact) mass is 406 g/mol. The van der Waals surface area contributed by atoms with Gasteiger partial charge in [-0.2, -0.15) is 0 Å². The zero-order valence-electron chi connectivity index (χ0n) is 14.8. The second-order valence-electron chi connectivity index (χ2n) is 6.74. The molecule has 0 saturated carbocycles. The van der Waals surface area contributed by atoms with Crippen LogP contribution < -0.4 is 10.2 Å². The van der Waals surface area contributed by atoms with Crippen LogP contribution in [0.15, 0.2) is 39.5 Å². The van der Waals surface area contributed by atoms with Crippen molar-refractivity contribution in [3.05, 3.63) is 40.6 Å². The fourth-order valence-corrected chi connectivity index (χ4v) is 3.29. The van der Waals surface area contributed by atoms with Gasteiger partial charge < -0.3 is 44.5 Å². The van der Waals surface area contributed by atoms with Gasteiger partial charge >= 0.3 is 0 Å². The topological polar surface area (TPSA) is 170 Å². The minimum absolute atomic E-state index is 0.0484. The Hall–Kier alpha value is -2.89. The van der Waals surface area contributed by atoms with E-state index in [4.69, 9.17) is 13.9 Å². The summed E-state index contributed by atoms with van der Waals surface area (Å²) in [5.74, 6) is -0.634. The van der Waals surface area contributed by atoms with Crippen molar-refractivity contribution in [2.75, 3.05) is 6.61 Å². The molecule has 1 aliphatic heterocycles. The lowest BCUT2D eigenvalue weighted by molar-refractivity contribution is -0.277. The lowest BCUT2D eigenvalue weighted by atomic mass is 9.99. The Morgan fingerprint density at radius 2 is 1.72 bits per heavy atom. The minimum atomic E-state index is -1.65. The van der Waals surface area contributed by atoms with Crippen LogP contribution in [-0.2, 0) is 4.74 Å². The van der Waals surface area contributed by atoms with Crippen LogP contribution in [0.2, 0.25) is 0 Å². The van der Waals surface area contributed by atoms with Gasteiger partial charge in [0.05, 0.1) is 12.0 Å². The maximum atomic E-state index is 12.6. The molecule has 10 nitrogen and oxygen atoms in total. The van der Waals surface area contributed by atoms with E-state index in [1.54, 1.807) is 0 Å². The fourth-order valence-electron chi connectivity index (χ4n) is 3.29. The molecule has 0 amide bonds. The molecular weight excluding hydrogens is 388 g/mol. The van der Waals surface area contributed by atoms with Crippen molar-refractivity contribution in [3.63, 3.8) is 0 Å². The smallest absolute Gasteiger partial charge is 0.229 e. The van der Waals surface area contributed by atoms with Gasteiger partial charge in [0.25, 0.3) is 0 Å². The number of benzene rings is 2. The van der Waals surface area contributed by atoms with E-state index in [1.165, 1.54) is 24.3 Å². The van der Waals surface area contributed by atoms with E-state index in [9.17, 15) is 35.4 Å². The van der Waals surface area contributed by atoms with Crippen molar-refractivity contribution in [1.82, 2.24) is 0 Å². The second kappa shape index (κ2) is 7.17. The van der Waals surface area contributed by atoms with Gasteiger partial charge in [-0.05, 0) is 12.1 Å².